The highest BCUT2D eigenvalue weighted by atomic mass is 32.2. The summed E-state index contributed by atoms with van der Waals surface area (Å²) < 4.78 is 29.6. The zero-order valence-corrected chi connectivity index (χ0v) is 15.5. The predicted octanol–water partition coefficient (Wildman–Crippen LogP) is 1.28. The SMILES string of the molecule is Cn1cc(CN2CNc3ccc(S(=O)(=O)NC4(C)CC4)cc3C2=O)cn1. The summed E-state index contributed by atoms with van der Waals surface area (Å²) in [5.41, 5.74) is 1.57. The molecular formula is C17H21N5O3S. The highest BCUT2D eigenvalue weighted by Gasteiger charge is 2.41. The molecule has 138 valence electrons. The number of carbonyl (C=O) groups is 1. The van der Waals surface area contributed by atoms with Gasteiger partial charge in [0.25, 0.3) is 5.91 Å². The van der Waals surface area contributed by atoms with E-state index in [2.05, 4.69) is 15.1 Å². The van der Waals surface area contributed by atoms with E-state index >= 15 is 0 Å². The summed E-state index contributed by atoms with van der Waals surface area (Å²) in [5.74, 6) is -0.197. The number of hydrogen-bond donors (Lipinski definition) is 2. The molecule has 0 saturated heterocycles. The van der Waals surface area contributed by atoms with E-state index in [1.807, 2.05) is 20.2 Å². The fraction of sp³-hybridized carbons (Fsp3) is 0.412. The molecule has 1 aliphatic heterocycles. The molecule has 26 heavy (non-hydrogen) atoms. The Labute approximate surface area is 152 Å². The van der Waals surface area contributed by atoms with Crippen LogP contribution in [0.5, 0.6) is 0 Å². The molecule has 2 heterocycles. The third kappa shape index (κ3) is 3.19. The summed E-state index contributed by atoms with van der Waals surface area (Å²) in [5, 5.41) is 7.28. The van der Waals surface area contributed by atoms with Gasteiger partial charge in [-0.05, 0) is 38.0 Å². The number of fused-ring (bicyclic) bond motifs is 1. The van der Waals surface area contributed by atoms with Gasteiger partial charge in [-0.2, -0.15) is 5.10 Å². The van der Waals surface area contributed by atoms with Gasteiger partial charge in [-0.3, -0.25) is 9.48 Å². The van der Waals surface area contributed by atoms with Crippen LogP contribution in [0.1, 0.15) is 35.7 Å². The maximum Gasteiger partial charge on any atom is 0.257 e. The Kier molecular flexibility index (Phi) is 3.81. The number of carbonyl (C=O) groups excluding carboxylic acids is 1. The maximum absolute atomic E-state index is 12.8. The number of anilines is 1. The summed E-state index contributed by atoms with van der Waals surface area (Å²) in [6, 6.07) is 4.64. The van der Waals surface area contributed by atoms with E-state index in [1.54, 1.807) is 21.8 Å². The standard InChI is InChI=1S/C17H21N5O3S/c1-17(5-6-17)20-26(24,25)13-3-4-15-14(7-13)16(23)22(11-18-15)10-12-8-19-21(2)9-12/h3-4,7-9,18,20H,5-6,10-11H2,1-2H3. The second-order valence-electron chi connectivity index (χ2n) is 7.23. The van der Waals surface area contributed by atoms with Crippen molar-refractivity contribution in [2.75, 3.05) is 12.0 Å². The number of aromatic nitrogens is 2. The predicted molar refractivity (Wildman–Crippen MR) is 96.0 cm³/mol. The molecule has 1 saturated carbocycles. The molecule has 0 bridgehead atoms. The molecule has 0 unspecified atom stereocenters. The van der Waals surface area contributed by atoms with E-state index in [0.717, 1.165) is 18.4 Å². The van der Waals surface area contributed by atoms with Crippen LogP contribution in [0.25, 0.3) is 0 Å². The van der Waals surface area contributed by atoms with E-state index in [9.17, 15) is 13.2 Å². The van der Waals surface area contributed by atoms with Crippen molar-refractivity contribution in [2.24, 2.45) is 7.05 Å². The molecular weight excluding hydrogens is 354 g/mol. The van der Waals surface area contributed by atoms with Gasteiger partial charge in [0.1, 0.15) is 0 Å². The average molecular weight is 375 g/mol. The largest absolute Gasteiger partial charge is 0.367 e. The quantitative estimate of drug-likeness (QED) is 0.821. The van der Waals surface area contributed by atoms with Crippen molar-refractivity contribution < 1.29 is 13.2 Å². The van der Waals surface area contributed by atoms with Gasteiger partial charge in [0.05, 0.1) is 29.9 Å². The highest BCUT2D eigenvalue weighted by molar-refractivity contribution is 7.89. The molecule has 1 amide bonds. The number of benzene rings is 1. The van der Waals surface area contributed by atoms with Gasteiger partial charge < -0.3 is 10.2 Å². The van der Waals surface area contributed by atoms with Crippen molar-refractivity contribution in [3.63, 3.8) is 0 Å². The number of amides is 1. The minimum Gasteiger partial charge on any atom is -0.367 e. The Hall–Kier alpha value is -2.39. The van der Waals surface area contributed by atoms with E-state index in [4.69, 9.17) is 0 Å². The molecule has 4 rings (SSSR count). The molecule has 1 aromatic heterocycles. The summed E-state index contributed by atoms with van der Waals surface area (Å²) in [6.07, 6.45) is 5.22. The number of aryl methyl sites for hydroxylation is 1. The fourth-order valence-corrected chi connectivity index (χ4v) is 4.51. The van der Waals surface area contributed by atoms with Gasteiger partial charge in [0.2, 0.25) is 10.0 Å². The zero-order valence-electron chi connectivity index (χ0n) is 14.7. The van der Waals surface area contributed by atoms with Crippen molar-refractivity contribution in [2.45, 2.75) is 36.7 Å². The number of nitrogens with one attached hydrogen (secondary N) is 2. The van der Waals surface area contributed by atoms with Crippen molar-refractivity contribution in [1.82, 2.24) is 19.4 Å². The van der Waals surface area contributed by atoms with Crippen molar-refractivity contribution in [1.29, 1.82) is 0 Å². The number of rotatable bonds is 5. The maximum atomic E-state index is 12.8. The van der Waals surface area contributed by atoms with Crippen molar-refractivity contribution >= 4 is 21.6 Å². The van der Waals surface area contributed by atoms with E-state index in [-0.39, 0.29) is 16.3 Å². The molecule has 2 aromatic rings. The average Bonchev–Trinajstić information content (AvgIpc) is 3.15. The molecule has 2 aliphatic rings. The molecule has 0 spiro atoms. The molecule has 8 nitrogen and oxygen atoms in total. The van der Waals surface area contributed by atoms with Crippen LogP contribution in [-0.4, -0.2) is 41.2 Å². The monoisotopic (exact) mass is 375 g/mol. The van der Waals surface area contributed by atoms with Crippen LogP contribution in [0, 0.1) is 0 Å². The summed E-state index contributed by atoms with van der Waals surface area (Å²) in [7, 11) is -1.83. The number of sulfonamides is 1. The van der Waals surface area contributed by atoms with Crippen LogP contribution in [-0.2, 0) is 23.6 Å². The zero-order chi connectivity index (χ0) is 18.5. The molecule has 1 aliphatic carbocycles. The first kappa shape index (κ1) is 17.0. The lowest BCUT2D eigenvalue weighted by atomic mass is 10.1. The smallest absolute Gasteiger partial charge is 0.257 e. The Morgan fingerprint density at radius 1 is 1.35 bits per heavy atom. The van der Waals surface area contributed by atoms with Crippen molar-refractivity contribution in [3.8, 4) is 0 Å². The summed E-state index contributed by atoms with van der Waals surface area (Å²) in [6.45, 7) is 2.65. The van der Waals surface area contributed by atoms with Gasteiger partial charge in [-0.25, -0.2) is 13.1 Å². The normalized spacial score (nSPS) is 18.4. The van der Waals surface area contributed by atoms with Crippen LogP contribution in [0.4, 0.5) is 5.69 Å². The molecule has 0 atom stereocenters. The molecule has 1 aromatic carbocycles. The minimum atomic E-state index is -3.65. The van der Waals surface area contributed by atoms with Gasteiger partial charge >= 0.3 is 0 Å². The third-order valence-electron chi connectivity index (χ3n) is 4.79. The van der Waals surface area contributed by atoms with Crippen LogP contribution in [0.3, 0.4) is 0 Å². The van der Waals surface area contributed by atoms with Gasteiger partial charge in [-0.1, -0.05) is 0 Å². The number of nitrogens with zero attached hydrogens (tertiary/aromatic N) is 3. The van der Waals surface area contributed by atoms with Crippen molar-refractivity contribution in [3.05, 3.63) is 41.7 Å². The lowest BCUT2D eigenvalue weighted by Crippen LogP contribution is -2.39. The Balaban J connectivity index is 1.60. The first-order valence-corrected chi connectivity index (χ1v) is 9.93. The molecule has 0 radical (unpaired) electrons. The van der Waals surface area contributed by atoms with Gasteiger partial charge in [0, 0.05) is 30.0 Å². The van der Waals surface area contributed by atoms with E-state index in [1.165, 1.54) is 12.1 Å². The summed E-state index contributed by atoms with van der Waals surface area (Å²) in [4.78, 5) is 14.6. The summed E-state index contributed by atoms with van der Waals surface area (Å²) >= 11 is 0. The molecule has 9 heteroatoms. The van der Waals surface area contributed by atoms with Crippen LogP contribution >= 0.6 is 0 Å². The Morgan fingerprint density at radius 3 is 2.77 bits per heavy atom. The second-order valence-corrected chi connectivity index (χ2v) is 8.92. The topological polar surface area (TPSA) is 96.3 Å². The highest BCUT2D eigenvalue weighted by Crippen LogP contribution is 2.36. The van der Waals surface area contributed by atoms with Gasteiger partial charge in [-0.15, -0.1) is 0 Å². The second kappa shape index (κ2) is 5.82. The Bertz CT molecular complexity index is 978. The first-order valence-electron chi connectivity index (χ1n) is 8.44. The van der Waals surface area contributed by atoms with Gasteiger partial charge in [0.15, 0.2) is 0 Å². The lowest BCUT2D eigenvalue weighted by Gasteiger charge is -2.29. The fourth-order valence-electron chi connectivity index (χ4n) is 3.02. The molecule has 1 fully saturated rings. The third-order valence-corrected chi connectivity index (χ3v) is 6.43. The number of hydrogen-bond acceptors (Lipinski definition) is 5. The lowest BCUT2D eigenvalue weighted by molar-refractivity contribution is 0.0746. The first-order chi connectivity index (χ1) is 12.3. The van der Waals surface area contributed by atoms with Crippen LogP contribution in [0.15, 0.2) is 35.5 Å². The minimum absolute atomic E-state index is 0.114. The molecule has 2 N–H and O–H groups in total. The van der Waals surface area contributed by atoms with Crippen LogP contribution < -0.4 is 10.0 Å². The Morgan fingerprint density at radius 2 is 2.12 bits per heavy atom. The van der Waals surface area contributed by atoms with Crippen LogP contribution in [0.2, 0.25) is 0 Å². The van der Waals surface area contributed by atoms with E-state index in [0.29, 0.717) is 24.5 Å². The van der Waals surface area contributed by atoms with E-state index < -0.39 is 10.0 Å².